The Balaban J connectivity index is 1.17. The summed E-state index contributed by atoms with van der Waals surface area (Å²) in [6, 6.07) is 60.9. The van der Waals surface area contributed by atoms with Crippen LogP contribution in [0.15, 0.2) is 164 Å². The molecule has 49 heavy (non-hydrogen) atoms. The minimum atomic E-state index is -1.88. The van der Waals surface area contributed by atoms with Crippen molar-refractivity contribution >= 4 is 88.6 Å². The molecule has 0 radical (unpaired) electrons. The Morgan fingerprint density at radius 3 is 2.00 bits per heavy atom. The second-order valence-electron chi connectivity index (χ2n) is 13.8. The van der Waals surface area contributed by atoms with Crippen LogP contribution >= 0.6 is 11.3 Å². The molecule has 10 rings (SSSR count). The first-order valence-electron chi connectivity index (χ1n) is 17.0. The summed E-state index contributed by atoms with van der Waals surface area (Å²) < 4.78 is 2.78. The lowest BCUT2D eigenvalue weighted by Crippen LogP contribution is -2.49. The predicted octanol–water partition coefficient (Wildman–Crippen LogP) is 12.3. The number of nitrogens with zero attached hydrogens (tertiary/aromatic N) is 1. The van der Waals surface area contributed by atoms with Gasteiger partial charge in [-0.3, -0.25) is 0 Å². The van der Waals surface area contributed by atoms with E-state index >= 15 is 0 Å². The third-order valence-corrected chi connectivity index (χ3v) is 15.4. The molecular formula is C46H33NSSi. The first-order valence-corrected chi connectivity index (χ1v) is 20.8. The molecule has 1 aromatic heterocycles. The Labute approximate surface area is 291 Å². The van der Waals surface area contributed by atoms with Crippen LogP contribution in [-0.4, -0.2) is 8.07 Å². The van der Waals surface area contributed by atoms with E-state index in [-0.39, 0.29) is 0 Å². The van der Waals surface area contributed by atoms with E-state index in [4.69, 9.17) is 0 Å². The van der Waals surface area contributed by atoms with E-state index in [1.54, 1.807) is 5.19 Å². The van der Waals surface area contributed by atoms with Crippen LogP contribution in [0.4, 0.5) is 17.1 Å². The van der Waals surface area contributed by atoms with Crippen molar-refractivity contribution in [1.29, 1.82) is 0 Å². The van der Waals surface area contributed by atoms with Gasteiger partial charge in [-0.1, -0.05) is 134 Å². The number of hydrogen-bond acceptors (Lipinski definition) is 2. The molecule has 0 spiro atoms. The lowest BCUT2D eigenvalue weighted by Gasteiger charge is -2.28. The van der Waals surface area contributed by atoms with E-state index in [9.17, 15) is 0 Å². The smallest absolute Gasteiger partial charge is 0.113 e. The Morgan fingerprint density at radius 2 is 1.14 bits per heavy atom. The van der Waals surface area contributed by atoms with Gasteiger partial charge < -0.3 is 4.90 Å². The molecule has 0 bridgehead atoms. The van der Waals surface area contributed by atoms with Gasteiger partial charge in [0.2, 0.25) is 0 Å². The molecule has 1 aliphatic rings. The maximum atomic E-state index is 2.52. The quantitative estimate of drug-likeness (QED) is 0.170. The maximum absolute atomic E-state index is 2.52. The lowest BCUT2D eigenvalue weighted by atomic mass is 10.00. The van der Waals surface area contributed by atoms with Crippen molar-refractivity contribution in [3.8, 4) is 22.3 Å². The minimum Gasteiger partial charge on any atom is -0.310 e. The topological polar surface area (TPSA) is 3.24 Å². The minimum absolute atomic E-state index is 1.15. The van der Waals surface area contributed by atoms with Crippen molar-refractivity contribution in [2.45, 2.75) is 13.1 Å². The summed E-state index contributed by atoms with van der Waals surface area (Å²) in [5, 5.41) is 10.8. The van der Waals surface area contributed by atoms with Gasteiger partial charge >= 0.3 is 0 Å². The van der Waals surface area contributed by atoms with E-state index in [0.717, 1.165) is 5.69 Å². The zero-order chi connectivity index (χ0) is 32.7. The lowest BCUT2D eigenvalue weighted by molar-refractivity contribution is 1.30. The molecule has 0 N–H and O–H groups in total. The molecule has 2 heterocycles. The summed E-state index contributed by atoms with van der Waals surface area (Å²) >= 11 is 1.95. The molecule has 1 nitrogen and oxygen atoms in total. The van der Waals surface area contributed by atoms with Gasteiger partial charge in [-0.15, -0.1) is 11.3 Å². The van der Waals surface area contributed by atoms with Gasteiger partial charge in [0.05, 0.1) is 5.69 Å². The van der Waals surface area contributed by atoms with Crippen molar-refractivity contribution in [1.82, 2.24) is 0 Å². The summed E-state index contributed by atoms with van der Waals surface area (Å²) in [5.41, 5.74) is 8.83. The van der Waals surface area contributed by atoms with Crippen LogP contribution in [-0.2, 0) is 0 Å². The number of thiophene rings is 1. The molecule has 3 heteroatoms. The highest BCUT2D eigenvalue weighted by Gasteiger charge is 2.39. The number of rotatable bonds is 4. The first-order chi connectivity index (χ1) is 24.0. The van der Waals surface area contributed by atoms with E-state index in [1.807, 2.05) is 11.3 Å². The Kier molecular flexibility index (Phi) is 6.26. The van der Waals surface area contributed by atoms with Crippen LogP contribution in [0.2, 0.25) is 13.1 Å². The molecule has 0 saturated heterocycles. The molecule has 232 valence electrons. The number of benzene rings is 8. The van der Waals surface area contributed by atoms with Crippen molar-refractivity contribution in [3.05, 3.63) is 164 Å². The van der Waals surface area contributed by atoms with E-state index in [0.29, 0.717) is 0 Å². The van der Waals surface area contributed by atoms with Crippen molar-refractivity contribution < 1.29 is 0 Å². The molecule has 0 aliphatic carbocycles. The maximum Gasteiger partial charge on any atom is 0.113 e. The molecule has 0 fully saturated rings. The van der Waals surface area contributed by atoms with Gasteiger partial charge in [0.25, 0.3) is 0 Å². The highest BCUT2D eigenvalue weighted by atomic mass is 32.1. The molecule has 9 aromatic rings. The second-order valence-corrected chi connectivity index (χ2v) is 19.1. The SMILES string of the molecule is C[Si]1(C)c2ccc(N(c3ccc(-c4ccc5ccccc5c4)cc3)c3cccc4ccccc34)cc2-c2c1ccc1c2sc2ccccc21. The molecule has 0 amide bonds. The monoisotopic (exact) mass is 659 g/mol. The molecule has 1 aliphatic heterocycles. The third kappa shape index (κ3) is 4.36. The Bertz CT molecular complexity index is 2750. The molecular weight excluding hydrogens is 627 g/mol. The van der Waals surface area contributed by atoms with Crippen molar-refractivity contribution in [3.63, 3.8) is 0 Å². The highest BCUT2D eigenvalue weighted by Crippen LogP contribution is 2.45. The molecule has 8 aromatic carbocycles. The summed E-state index contributed by atoms with van der Waals surface area (Å²) in [5.74, 6) is 0. The normalized spacial score (nSPS) is 13.3. The summed E-state index contributed by atoms with van der Waals surface area (Å²) in [6.07, 6.45) is 0. The van der Waals surface area contributed by atoms with Gasteiger partial charge in [0, 0.05) is 36.9 Å². The van der Waals surface area contributed by atoms with Crippen molar-refractivity contribution in [2.24, 2.45) is 0 Å². The Morgan fingerprint density at radius 1 is 0.469 bits per heavy atom. The van der Waals surface area contributed by atoms with E-state index < -0.39 is 8.07 Å². The van der Waals surface area contributed by atoms with Gasteiger partial charge in [-0.2, -0.15) is 0 Å². The summed E-state index contributed by atoms with van der Waals surface area (Å²) in [7, 11) is -1.88. The number of fused-ring (bicyclic) bond motifs is 9. The average molecular weight is 660 g/mol. The molecule has 0 saturated carbocycles. The van der Waals surface area contributed by atoms with Crippen LogP contribution in [0.3, 0.4) is 0 Å². The zero-order valence-electron chi connectivity index (χ0n) is 27.4. The fraction of sp³-hybridized carbons (Fsp3) is 0.0435. The van der Waals surface area contributed by atoms with Gasteiger partial charge in [0.1, 0.15) is 8.07 Å². The van der Waals surface area contributed by atoms with Gasteiger partial charge in [-0.25, -0.2) is 0 Å². The van der Waals surface area contributed by atoms with E-state index in [1.165, 1.54) is 80.5 Å². The highest BCUT2D eigenvalue weighted by molar-refractivity contribution is 7.26. The summed E-state index contributed by atoms with van der Waals surface area (Å²) in [6.45, 7) is 5.04. The standard InChI is InChI=1S/C46H33NSSi/c1-49(2)43-26-24-36(29-40(43)45-44(49)27-25-39-38-15-7-8-17-42(38)48-46(39)45)47(41-16-9-13-32-11-5-6-14-37(32)41)35-22-20-31(21-23-35)34-19-18-30-10-3-4-12-33(30)28-34/h3-29H,1-2H3. The second kappa shape index (κ2) is 10.8. The van der Waals surface area contributed by atoms with Crippen LogP contribution < -0.4 is 15.3 Å². The summed E-state index contributed by atoms with van der Waals surface area (Å²) in [4.78, 5) is 2.46. The fourth-order valence-electron chi connectivity index (χ4n) is 8.15. The zero-order valence-corrected chi connectivity index (χ0v) is 29.3. The largest absolute Gasteiger partial charge is 0.310 e. The first kappa shape index (κ1) is 28.5. The Hall–Kier alpha value is -5.48. The van der Waals surface area contributed by atoms with Crippen molar-refractivity contribution in [2.75, 3.05) is 4.90 Å². The van der Waals surface area contributed by atoms with Crippen LogP contribution in [0.25, 0.3) is 64.0 Å². The number of hydrogen-bond donors (Lipinski definition) is 0. The fourth-order valence-corrected chi connectivity index (χ4v) is 12.5. The van der Waals surface area contributed by atoms with Gasteiger partial charge in [-0.05, 0) is 91.3 Å². The van der Waals surface area contributed by atoms with Crippen LogP contribution in [0.5, 0.6) is 0 Å². The number of anilines is 3. The molecule has 0 atom stereocenters. The van der Waals surface area contributed by atoms with Crippen LogP contribution in [0, 0.1) is 0 Å². The third-order valence-electron chi connectivity index (χ3n) is 10.6. The van der Waals surface area contributed by atoms with Crippen LogP contribution in [0.1, 0.15) is 0 Å². The average Bonchev–Trinajstić information content (AvgIpc) is 3.64. The molecule has 0 unspecified atom stereocenters. The van der Waals surface area contributed by atoms with E-state index in [2.05, 4.69) is 182 Å². The predicted molar refractivity (Wildman–Crippen MR) is 217 cm³/mol. The van der Waals surface area contributed by atoms with Gasteiger partial charge in [0.15, 0.2) is 0 Å².